The van der Waals surface area contributed by atoms with Gasteiger partial charge in [-0.05, 0) is 43.9 Å². The number of nitrogens with zero attached hydrogens (tertiary/aromatic N) is 1. The molecule has 108 valence electrons. The van der Waals surface area contributed by atoms with Crippen molar-refractivity contribution in [2.75, 3.05) is 12.8 Å². The molecule has 1 saturated carbocycles. The minimum absolute atomic E-state index is 0.236. The monoisotopic (exact) mass is 275 g/mol. The lowest BCUT2D eigenvalue weighted by Gasteiger charge is -2.33. The molecule has 0 unspecified atom stereocenters. The molecular weight excluding hydrogens is 246 g/mol. The van der Waals surface area contributed by atoms with E-state index in [1.807, 2.05) is 6.92 Å². The van der Waals surface area contributed by atoms with Gasteiger partial charge in [-0.1, -0.05) is 27.2 Å². The van der Waals surface area contributed by atoms with E-state index in [9.17, 15) is 8.42 Å². The summed E-state index contributed by atoms with van der Waals surface area (Å²) in [6.45, 7) is 6.40. The van der Waals surface area contributed by atoms with E-state index < -0.39 is 10.0 Å². The molecule has 0 saturated heterocycles. The van der Waals surface area contributed by atoms with Crippen LogP contribution in [0.25, 0.3) is 0 Å². The lowest BCUT2D eigenvalue weighted by atomic mass is 9.87. The summed E-state index contributed by atoms with van der Waals surface area (Å²) in [5, 5.41) is 0. The molecule has 1 rings (SSSR count). The van der Waals surface area contributed by atoms with Gasteiger partial charge in [-0.25, -0.2) is 12.7 Å². The SMILES string of the molecule is CCC[C@@H](C)CS(=O)(=O)N(C)C1CCC(C)CC1. The Labute approximate surface area is 113 Å². The van der Waals surface area contributed by atoms with Crippen LogP contribution in [0.5, 0.6) is 0 Å². The van der Waals surface area contributed by atoms with Crippen molar-refractivity contribution < 1.29 is 8.42 Å². The van der Waals surface area contributed by atoms with Gasteiger partial charge >= 0.3 is 0 Å². The third-order valence-corrected chi connectivity index (χ3v) is 6.38. The molecule has 18 heavy (non-hydrogen) atoms. The van der Waals surface area contributed by atoms with Crippen LogP contribution in [0.2, 0.25) is 0 Å². The second kappa shape index (κ2) is 6.90. The summed E-state index contributed by atoms with van der Waals surface area (Å²) in [6.07, 6.45) is 6.43. The molecule has 1 aliphatic carbocycles. The summed E-state index contributed by atoms with van der Waals surface area (Å²) in [7, 11) is -1.29. The fourth-order valence-electron chi connectivity index (χ4n) is 2.89. The van der Waals surface area contributed by atoms with Crippen LogP contribution in [0.15, 0.2) is 0 Å². The normalized spacial score (nSPS) is 27.4. The summed E-state index contributed by atoms with van der Waals surface area (Å²) in [5.74, 6) is 1.34. The molecule has 4 heteroatoms. The van der Waals surface area contributed by atoms with E-state index in [2.05, 4.69) is 13.8 Å². The van der Waals surface area contributed by atoms with E-state index in [1.54, 1.807) is 11.4 Å². The van der Waals surface area contributed by atoms with Crippen molar-refractivity contribution in [3.05, 3.63) is 0 Å². The van der Waals surface area contributed by atoms with Gasteiger partial charge in [0.15, 0.2) is 0 Å². The lowest BCUT2D eigenvalue weighted by molar-refractivity contribution is 0.245. The van der Waals surface area contributed by atoms with E-state index in [4.69, 9.17) is 0 Å². The van der Waals surface area contributed by atoms with E-state index in [-0.39, 0.29) is 12.0 Å². The maximum atomic E-state index is 12.3. The van der Waals surface area contributed by atoms with Gasteiger partial charge in [0, 0.05) is 13.1 Å². The minimum atomic E-state index is -3.07. The molecular formula is C14H29NO2S. The minimum Gasteiger partial charge on any atom is -0.212 e. The molecule has 0 heterocycles. The average molecular weight is 275 g/mol. The Morgan fingerprint density at radius 3 is 2.28 bits per heavy atom. The molecule has 0 radical (unpaired) electrons. The van der Waals surface area contributed by atoms with Crippen molar-refractivity contribution in [3.8, 4) is 0 Å². The summed E-state index contributed by atoms with van der Waals surface area (Å²) in [6, 6.07) is 0.236. The van der Waals surface area contributed by atoms with E-state index in [0.717, 1.165) is 44.4 Å². The third kappa shape index (κ3) is 4.54. The highest BCUT2D eigenvalue weighted by Gasteiger charge is 2.30. The maximum absolute atomic E-state index is 12.3. The molecule has 0 aliphatic heterocycles. The topological polar surface area (TPSA) is 37.4 Å². The molecule has 0 spiro atoms. The van der Waals surface area contributed by atoms with Crippen LogP contribution in [0, 0.1) is 11.8 Å². The number of hydrogen-bond donors (Lipinski definition) is 0. The van der Waals surface area contributed by atoms with Gasteiger partial charge in [0.05, 0.1) is 5.75 Å². The van der Waals surface area contributed by atoms with Crippen LogP contribution in [0.3, 0.4) is 0 Å². The molecule has 0 aromatic carbocycles. The third-order valence-electron chi connectivity index (χ3n) is 4.21. The standard InChI is InChI=1S/C14H29NO2S/c1-5-6-13(3)11-18(16,17)15(4)14-9-7-12(2)8-10-14/h12-14H,5-11H2,1-4H3/t12?,13-,14?/m1/s1. The molecule has 1 fully saturated rings. The Balaban J connectivity index is 2.56. The molecule has 3 nitrogen and oxygen atoms in total. The van der Waals surface area contributed by atoms with Crippen LogP contribution >= 0.6 is 0 Å². The zero-order valence-corrected chi connectivity index (χ0v) is 13.2. The summed E-state index contributed by atoms with van der Waals surface area (Å²) < 4.78 is 26.3. The van der Waals surface area contributed by atoms with Gasteiger partial charge in [-0.3, -0.25) is 0 Å². The molecule has 1 aliphatic rings. The highest BCUT2D eigenvalue weighted by atomic mass is 32.2. The fourth-order valence-corrected chi connectivity index (χ4v) is 4.67. The first-order valence-corrected chi connectivity index (χ1v) is 8.93. The molecule has 0 bridgehead atoms. The van der Waals surface area contributed by atoms with Crippen molar-refractivity contribution in [1.82, 2.24) is 4.31 Å². The van der Waals surface area contributed by atoms with Crippen molar-refractivity contribution in [2.24, 2.45) is 11.8 Å². The van der Waals surface area contributed by atoms with Crippen molar-refractivity contribution in [1.29, 1.82) is 0 Å². The molecule has 1 atom stereocenters. The highest BCUT2D eigenvalue weighted by Crippen LogP contribution is 2.28. The van der Waals surface area contributed by atoms with Gasteiger partial charge in [-0.15, -0.1) is 0 Å². The van der Waals surface area contributed by atoms with E-state index in [0.29, 0.717) is 5.75 Å². The van der Waals surface area contributed by atoms with Crippen LogP contribution in [-0.2, 0) is 10.0 Å². The predicted molar refractivity (Wildman–Crippen MR) is 77.0 cm³/mol. The Morgan fingerprint density at radius 1 is 1.22 bits per heavy atom. The van der Waals surface area contributed by atoms with Crippen LogP contribution in [-0.4, -0.2) is 31.6 Å². The Bertz CT molecular complexity index is 332. The number of rotatable bonds is 6. The van der Waals surface area contributed by atoms with Gasteiger partial charge in [0.2, 0.25) is 10.0 Å². The molecule has 0 N–H and O–H groups in total. The predicted octanol–water partition coefficient (Wildman–Crippen LogP) is 3.26. The molecule has 0 amide bonds. The maximum Gasteiger partial charge on any atom is 0.214 e. The van der Waals surface area contributed by atoms with Gasteiger partial charge in [0.25, 0.3) is 0 Å². The van der Waals surface area contributed by atoms with Crippen molar-refractivity contribution in [2.45, 2.75) is 65.3 Å². The Morgan fingerprint density at radius 2 is 1.78 bits per heavy atom. The number of hydrogen-bond acceptors (Lipinski definition) is 2. The zero-order chi connectivity index (χ0) is 13.8. The zero-order valence-electron chi connectivity index (χ0n) is 12.4. The van der Waals surface area contributed by atoms with E-state index in [1.165, 1.54) is 0 Å². The first-order chi connectivity index (χ1) is 8.36. The highest BCUT2D eigenvalue weighted by molar-refractivity contribution is 7.89. The molecule has 0 aromatic rings. The molecule has 0 aromatic heterocycles. The summed E-state index contributed by atoms with van der Waals surface area (Å²) in [5.41, 5.74) is 0. The van der Waals surface area contributed by atoms with Crippen molar-refractivity contribution in [3.63, 3.8) is 0 Å². The van der Waals surface area contributed by atoms with Gasteiger partial charge in [0.1, 0.15) is 0 Å². The Kier molecular flexibility index (Phi) is 6.12. The van der Waals surface area contributed by atoms with E-state index >= 15 is 0 Å². The lowest BCUT2D eigenvalue weighted by Crippen LogP contribution is -2.41. The van der Waals surface area contributed by atoms with Crippen LogP contribution in [0.4, 0.5) is 0 Å². The second-order valence-electron chi connectivity index (χ2n) is 6.10. The van der Waals surface area contributed by atoms with Crippen LogP contribution < -0.4 is 0 Å². The van der Waals surface area contributed by atoms with Gasteiger partial charge in [-0.2, -0.15) is 0 Å². The summed E-state index contributed by atoms with van der Waals surface area (Å²) >= 11 is 0. The number of sulfonamides is 1. The van der Waals surface area contributed by atoms with Crippen molar-refractivity contribution >= 4 is 10.0 Å². The quantitative estimate of drug-likeness (QED) is 0.746. The smallest absolute Gasteiger partial charge is 0.212 e. The second-order valence-corrected chi connectivity index (χ2v) is 8.18. The first-order valence-electron chi connectivity index (χ1n) is 7.32. The first kappa shape index (κ1) is 16.0. The van der Waals surface area contributed by atoms with Crippen LogP contribution in [0.1, 0.15) is 59.3 Å². The fraction of sp³-hybridized carbons (Fsp3) is 1.00. The Hall–Kier alpha value is -0.0900. The largest absolute Gasteiger partial charge is 0.214 e. The summed E-state index contributed by atoms with van der Waals surface area (Å²) in [4.78, 5) is 0. The average Bonchev–Trinajstić information content (AvgIpc) is 2.28. The van der Waals surface area contributed by atoms with Gasteiger partial charge < -0.3 is 0 Å².